The maximum Gasteiger partial charge on any atom is 0.247 e. The fraction of sp³-hybridized carbons (Fsp3) is 0.692. The van der Waals surface area contributed by atoms with E-state index in [2.05, 4.69) is 0 Å². The van der Waals surface area contributed by atoms with Crippen LogP contribution in [0.5, 0.6) is 0 Å². The SMILES string of the molecule is Cc1oc(C)c(S(=O)(=O)N2CC(C)OC(C)C2)c1CO. The summed E-state index contributed by atoms with van der Waals surface area (Å²) in [6.07, 6.45) is -0.307. The molecule has 0 aliphatic carbocycles. The first kappa shape index (κ1) is 15.5. The molecule has 0 aromatic carbocycles. The number of hydrogen-bond donors (Lipinski definition) is 1. The van der Waals surface area contributed by atoms with Gasteiger partial charge in [-0.05, 0) is 27.7 Å². The molecule has 2 rings (SSSR count). The van der Waals surface area contributed by atoms with E-state index in [0.29, 0.717) is 30.2 Å². The number of aliphatic hydroxyl groups excluding tert-OH is 1. The molecule has 2 heterocycles. The Hall–Kier alpha value is -0.890. The third-order valence-corrected chi connectivity index (χ3v) is 5.49. The van der Waals surface area contributed by atoms with Crippen molar-refractivity contribution in [2.24, 2.45) is 0 Å². The second kappa shape index (κ2) is 5.48. The van der Waals surface area contributed by atoms with E-state index in [-0.39, 0.29) is 23.7 Å². The van der Waals surface area contributed by atoms with Gasteiger partial charge in [0, 0.05) is 18.7 Å². The van der Waals surface area contributed by atoms with Crippen LogP contribution in [-0.2, 0) is 21.4 Å². The van der Waals surface area contributed by atoms with Crippen LogP contribution >= 0.6 is 0 Å². The van der Waals surface area contributed by atoms with Gasteiger partial charge in [-0.15, -0.1) is 0 Å². The summed E-state index contributed by atoms with van der Waals surface area (Å²) in [4.78, 5) is 0.0961. The Bertz CT molecular complexity index is 582. The molecule has 0 amide bonds. The molecule has 2 unspecified atom stereocenters. The quantitative estimate of drug-likeness (QED) is 0.907. The number of sulfonamides is 1. The number of aryl methyl sites for hydroxylation is 2. The number of ether oxygens (including phenoxy) is 1. The summed E-state index contributed by atoms with van der Waals surface area (Å²) in [5.74, 6) is 0.760. The van der Waals surface area contributed by atoms with Gasteiger partial charge in [0.2, 0.25) is 10.0 Å². The van der Waals surface area contributed by atoms with Crippen molar-refractivity contribution in [3.63, 3.8) is 0 Å². The highest BCUT2D eigenvalue weighted by Gasteiger charge is 2.36. The van der Waals surface area contributed by atoms with E-state index in [1.54, 1.807) is 13.8 Å². The minimum Gasteiger partial charge on any atom is -0.465 e. The molecule has 0 radical (unpaired) electrons. The number of rotatable bonds is 3. The van der Waals surface area contributed by atoms with Gasteiger partial charge in [-0.2, -0.15) is 4.31 Å². The fourth-order valence-corrected chi connectivity index (χ4v) is 4.68. The lowest BCUT2D eigenvalue weighted by Gasteiger charge is -2.34. The topological polar surface area (TPSA) is 80.0 Å². The maximum absolute atomic E-state index is 12.8. The molecule has 0 bridgehead atoms. The van der Waals surface area contributed by atoms with E-state index in [4.69, 9.17) is 9.15 Å². The third kappa shape index (κ3) is 2.63. The van der Waals surface area contributed by atoms with Crippen LogP contribution in [0.25, 0.3) is 0 Å². The van der Waals surface area contributed by atoms with Crippen LogP contribution in [0.15, 0.2) is 9.31 Å². The lowest BCUT2D eigenvalue weighted by atomic mass is 10.2. The van der Waals surface area contributed by atoms with Crippen molar-refractivity contribution >= 4 is 10.0 Å². The molecule has 0 saturated carbocycles. The number of hydrogen-bond acceptors (Lipinski definition) is 5. The molecule has 1 aromatic rings. The first-order valence-electron chi connectivity index (χ1n) is 6.62. The molecule has 2 atom stereocenters. The van der Waals surface area contributed by atoms with Crippen molar-refractivity contribution in [3.05, 3.63) is 17.1 Å². The Labute approximate surface area is 119 Å². The van der Waals surface area contributed by atoms with Gasteiger partial charge in [0.15, 0.2) is 0 Å². The Morgan fingerprint density at radius 2 is 1.75 bits per heavy atom. The molecule has 1 aliphatic heterocycles. The number of morpholine rings is 1. The summed E-state index contributed by atoms with van der Waals surface area (Å²) < 4.78 is 37.9. The standard InChI is InChI=1S/C13H21NO5S/c1-8-5-14(6-9(2)18-8)20(16,17)13-11(4)19-10(3)12(13)7-15/h8-9,15H,5-7H2,1-4H3. The third-order valence-electron chi connectivity index (χ3n) is 3.47. The Morgan fingerprint density at radius 3 is 2.25 bits per heavy atom. The van der Waals surface area contributed by atoms with Crippen molar-refractivity contribution in [3.8, 4) is 0 Å². The smallest absolute Gasteiger partial charge is 0.247 e. The van der Waals surface area contributed by atoms with Crippen LogP contribution in [0.1, 0.15) is 30.9 Å². The Balaban J connectivity index is 2.45. The van der Waals surface area contributed by atoms with Gasteiger partial charge >= 0.3 is 0 Å². The lowest BCUT2D eigenvalue weighted by molar-refractivity contribution is -0.0441. The first-order chi connectivity index (χ1) is 9.27. The number of furan rings is 1. The predicted octanol–water partition coefficient (Wildman–Crippen LogP) is 1.19. The van der Waals surface area contributed by atoms with Crippen molar-refractivity contribution in [2.75, 3.05) is 13.1 Å². The predicted molar refractivity (Wildman–Crippen MR) is 72.9 cm³/mol. The molecule has 0 spiro atoms. The minimum absolute atomic E-state index is 0.0961. The van der Waals surface area contributed by atoms with Crippen LogP contribution < -0.4 is 0 Å². The molecular weight excluding hydrogens is 282 g/mol. The van der Waals surface area contributed by atoms with Gasteiger partial charge in [0.1, 0.15) is 16.4 Å². The molecule has 1 N–H and O–H groups in total. The second-order valence-corrected chi connectivity index (χ2v) is 7.13. The van der Waals surface area contributed by atoms with Gasteiger partial charge in [0.25, 0.3) is 0 Å². The summed E-state index contributed by atoms with van der Waals surface area (Å²) in [6, 6.07) is 0. The van der Waals surface area contributed by atoms with E-state index in [1.807, 2.05) is 13.8 Å². The van der Waals surface area contributed by atoms with Crippen molar-refractivity contribution in [1.29, 1.82) is 0 Å². The largest absolute Gasteiger partial charge is 0.465 e. The van der Waals surface area contributed by atoms with Crippen molar-refractivity contribution in [1.82, 2.24) is 4.31 Å². The molecule has 1 aliphatic rings. The number of aliphatic hydroxyl groups is 1. The minimum atomic E-state index is -3.68. The van der Waals surface area contributed by atoms with Gasteiger partial charge in [-0.25, -0.2) is 8.42 Å². The summed E-state index contributed by atoms with van der Waals surface area (Å²) in [5.41, 5.74) is 0.342. The van der Waals surface area contributed by atoms with Crippen LogP contribution in [0.4, 0.5) is 0 Å². The molecule has 7 heteroatoms. The monoisotopic (exact) mass is 303 g/mol. The van der Waals surface area contributed by atoms with Gasteiger partial charge in [0.05, 0.1) is 18.8 Å². The van der Waals surface area contributed by atoms with Gasteiger partial charge < -0.3 is 14.3 Å². The summed E-state index contributed by atoms with van der Waals surface area (Å²) in [7, 11) is -3.68. The van der Waals surface area contributed by atoms with E-state index in [0.717, 1.165) is 0 Å². The molecule has 1 aromatic heterocycles. The zero-order valence-electron chi connectivity index (χ0n) is 12.2. The molecule has 1 saturated heterocycles. The molecular formula is C13H21NO5S. The fourth-order valence-electron chi connectivity index (χ4n) is 2.69. The number of nitrogens with zero attached hydrogens (tertiary/aromatic N) is 1. The van der Waals surface area contributed by atoms with Crippen LogP contribution in [0, 0.1) is 13.8 Å². The summed E-state index contributed by atoms with van der Waals surface area (Å²) in [6.45, 7) is 7.21. The summed E-state index contributed by atoms with van der Waals surface area (Å²) in [5, 5.41) is 9.41. The van der Waals surface area contributed by atoms with Crippen LogP contribution in [-0.4, -0.2) is 43.1 Å². The van der Waals surface area contributed by atoms with E-state index < -0.39 is 10.0 Å². The van der Waals surface area contributed by atoms with Crippen molar-refractivity contribution in [2.45, 2.75) is 51.4 Å². The maximum atomic E-state index is 12.8. The van der Waals surface area contributed by atoms with Crippen molar-refractivity contribution < 1.29 is 22.7 Å². The molecule has 1 fully saturated rings. The van der Waals surface area contributed by atoms with Crippen LogP contribution in [0.3, 0.4) is 0 Å². The Kier molecular flexibility index (Phi) is 4.24. The highest BCUT2D eigenvalue weighted by molar-refractivity contribution is 7.89. The first-order valence-corrected chi connectivity index (χ1v) is 8.06. The van der Waals surface area contributed by atoms with Crippen LogP contribution in [0.2, 0.25) is 0 Å². The lowest BCUT2D eigenvalue weighted by Crippen LogP contribution is -2.48. The molecule has 20 heavy (non-hydrogen) atoms. The highest BCUT2D eigenvalue weighted by Crippen LogP contribution is 2.30. The summed E-state index contributed by atoms with van der Waals surface area (Å²) >= 11 is 0. The average Bonchev–Trinajstić information content (AvgIpc) is 2.62. The van der Waals surface area contributed by atoms with E-state index >= 15 is 0 Å². The van der Waals surface area contributed by atoms with E-state index in [9.17, 15) is 13.5 Å². The Morgan fingerprint density at radius 1 is 1.20 bits per heavy atom. The van der Waals surface area contributed by atoms with E-state index in [1.165, 1.54) is 4.31 Å². The normalized spacial score (nSPS) is 25.1. The van der Waals surface area contributed by atoms with Gasteiger partial charge in [-0.3, -0.25) is 0 Å². The average molecular weight is 303 g/mol. The van der Waals surface area contributed by atoms with Gasteiger partial charge in [-0.1, -0.05) is 0 Å². The second-order valence-electron chi connectivity index (χ2n) is 5.26. The zero-order chi connectivity index (χ0) is 15.1. The highest BCUT2D eigenvalue weighted by atomic mass is 32.2. The zero-order valence-corrected chi connectivity index (χ0v) is 13.0. The molecule has 6 nitrogen and oxygen atoms in total. The molecule has 114 valence electrons.